The predicted molar refractivity (Wildman–Crippen MR) is 77.6 cm³/mol. The Bertz CT molecular complexity index is 553. The molecule has 1 aliphatic heterocycles. The minimum absolute atomic E-state index is 0.282. The molecule has 2 N–H and O–H groups in total. The second kappa shape index (κ2) is 7.35. The van der Waals surface area contributed by atoms with Crippen molar-refractivity contribution in [2.45, 2.75) is 6.10 Å². The lowest BCUT2D eigenvalue weighted by molar-refractivity contribution is -0.911. The lowest BCUT2D eigenvalue weighted by Gasteiger charge is -2.25. The van der Waals surface area contributed by atoms with Gasteiger partial charge in [0.05, 0.1) is 13.2 Å². The van der Waals surface area contributed by atoms with Crippen molar-refractivity contribution in [3.63, 3.8) is 0 Å². The van der Waals surface area contributed by atoms with Gasteiger partial charge in [0, 0.05) is 5.56 Å². The zero-order chi connectivity index (χ0) is 15.2. The number of aliphatic hydroxyl groups excluding tert-OH is 1. The van der Waals surface area contributed by atoms with Crippen LogP contribution in [0.4, 0.5) is 0 Å². The van der Waals surface area contributed by atoms with Gasteiger partial charge < -0.3 is 23.9 Å². The van der Waals surface area contributed by atoms with E-state index in [2.05, 4.69) is 10.2 Å². The molecule has 1 aromatic carbocycles. The summed E-state index contributed by atoms with van der Waals surface area (Å²) in [5.41, 5.74) is 0.836. The SMILES string of the molecule is O[C@@H](COc1ccc(-c2nnco2)cc1)C[NH+]1CCOCC1. The van der Waals surface area contributed by atoms with Crippen LogP contribution in [0.1, 0.15) is 0 Å². The van der Waals surface area contributed by atoms with Crippen molar-refractivity contribution in [1.82, 2.24) is 10.2 Å². The van der Waals surface area contributed by atoms with E-state index in [1.165, 1.54) is 11.3 Å². The summed E-state index contributed by atoms with van der Waals surface area (Å²) in [4.78, 5) is 1.36. The lowest BCUT2D eigenvalue weighted by atomic mass is 10.2. The van der Waals surface area contributed by atoms with Gasteiger partial charge in [0.1, 0.15) is 38.1 Å². The number of quaternary nitrogens is 1. The van der Waals surface area contributed by atoms with Gasteiger partial charge in [-0.3, -0.25) is 0 Å². The maximum absolute atomic E-state index is 10.0. The molecule has 1 atom stereocenters. The van der Waals surface area contributed by atoms with Crippen LogP contribution >= 0.6 is 0 Å². The Morgan fingerprint density at radius 3 is 2.68 bits per heavy atom. The highest BCUT2D eigenvalue weighted by atomic mass is 16.5. The zero-order valence-electron chi connectivity index (χ0n) is 12.3. The summed E-state index contributed by atoms with van der Waals surface area (Å²) in [5.74, 6) is 1.18. The molecule has 0 aliphatic carbocycles. The first-order chi connectivity index (χ1) is 10.8. The number of hydrogen-bond acceptors (Lipinski definition) is 6. The molecular weight excluding hydrogens is 286 g/mol. The fraction of sp³-hybridized carbons (Fsp3) is 0.467. The molecule has 1 fully saturated rings. The summed E-state index contributed by atoms with van der Waals surface area (Å²) < 4.78 is 16.0. The van der Waals surface area contributed by atoms with E-state index in [0.717, 1.165) is 31.9 Å². The fourth-order valence-electron chi connectivity index (χ4n) is 2.44. The average molecular weight is 306 g/mol. The van der Waals surface area contributed by atoms with Crippen molar-refractivity contribution in [3.8, 4) is 17.2 Å². The Labute approximate surface area is 128 Å². The molecule has 1 aliphatic rings. The van der Waals surface area contributed by atoms with Crippen LogP contribution in [0.15, 0.2) is 35.1 Å². The van der Waals surface area contributed by atoms with Gasteiger partial charge in [-0.1, -0.05) is 0 Å². The minimum Gasteiger partial charge on any atom is -0.491 e. The maximum Gasteiger partial charge on any atom is 0.247 e. The largest absolute Gasteiger partial charge is 0.491 e. The molecule has 0 saturated carbocycles. The Kier molecular flexibility index (Phi) is 4.99. The number of aromatic nitrogens is 2. The number of aliphatic hydroxyl groups is 1. The van der Waals surface area contributed by atoms with Crippen LogP contribution in [-0.2, 0) is 4.74 Å². The number of ether oxygens (including phenoxy) is 2. The van der Waals surface area contributed by atoms with Crippen molar-refractivity contribution in [3.05, 3.63) is 30.7 Å². The molecule has 1 saturated heterocycles. The van der Waals surface area contributed by atoms with E-state index in [1.54, 1.807) is 0 Å². The third-order valence-corrected chi connectivity index (χ3v) is 3.63. The molecule has 0 amide bonds. The van der Waals surface area contributed by atoms with Gasteiger partial charge in [0.15, 0.2) is 0 Å². The van der Waals surface area contributed by atoms with Crippen molar-refractivity contribution in [1.29, 1.82) is 0 Å². The molecular formula is C15H20N3O4+. The van der Waals surface area contributed by atoms with Gasteiger partial charge in [-0.25, -0.2) is 0 Å². The molecule has 2 aromatic rings. The van der Waals surface area contributed by atoms with Crippen LogP contribution in [0.5, 0.6) is 5.75 Å². The van der Waals surface area contributed by atoms with E-state index in [-0.39, 0.29) is 6.61 Å². The van der Waals surface area contributed by atoms with E-state index in [4.69, 9.17) is 13.9 Å². The number of nitrogens with zero attached hydrogens (tertiary/aromatic N) is 2. The first-order valence-corrected chi connectivity index (χ1v) is 7.40. The van der Waals surface area contributed by atoms with Gasteiger partial charge >= 0.3 is 0 Å². The lowest BCUT2D eigenvalue weighted by Crippen LogP contribution is -3.15. The highest BCUT2D eigenvalue weighted by Crippen LogP contribution is 2.20. The zero-order valence-corrected chi connectivity index (χ0v) is 12.3. The van der Waals surface area contributed by atoms with Crippen molar-refractivity contribution in [2.75, 3.05) is 39.5 Å². The second-order valence-electron chi connectivity index (χ2n) is 5.30. The number of morpholine rings is 1. The van der Waals surface area contributed by atoms with Crippen molar-refractivity contribution >= 4 is 0 Å². The Morgan fingerprint density at radius 1 is 1.23 bits per heavy atom. The smallest absolute Gasteiger partial charge is 0.247 e. The van der Waals surface area contributed by atoms with Crippen LogP contribution in [0.3, 0.4) is 0 Å². The van der Waals surface area contributed by atoms with Gasteiger partial charge in [0.2, 0.25) is 12.3 Å². The van der Waals surface area contributed by atoms with E-state index in [9.17, 15) is 5.11 Å². The summed E-state index contributed by atoms with van der Waals surface area (Å²) >= 11 is 0. The van der Waals surface area contributed by atoms with Gasteiger partial charge in [-0.05, 0) is 24.3 Å². The first-order valence-electron chi connectivity index (χ1n) is 7.40. The Hall–Kier alpha value is -1.96. The fourth-order valence-corrected chi connectivity index (χ4v) is 2.44. The number of nitrogens with one attached hydrogen (secondary N) is 1. The highest BCUT2D eigenvalue weighted by Gasteiger charge is 2.18. The van der Waals surface area contributed by atoms with Crippen LogP contribution in [0, 0.1) is 0 Å². The molecule has 7 nitrogen and oxygen atoms in total. The third-order valence-electron chi connectivity index (χ3n) is 3.63. The number of rotatable bonds is 6. The van der Waals surface area contributed by atoms with Crippen LogP contribution < -0.4 is 9.64 Å². The minimum atomic E-state index is -0.483. The van der Waals surface area contributed by atoms with E-state index < -0.39 is 6.10 Å². The molecule has 0 unspecified atom stereocenters. The topological polar surface area (TPSA) is 82.0 Å². The van der Waals surface area contributed by atoms with Crippen LogP contribution in [-0.4, -0.2) is 60.9 Å². The quantitative estimate of drug-likeness (QED) is 0.741. The Balaban J connectivity index is 1.46. The summed E-state index contributed by atoms with van der Waals surface area (Å²) in [5, 5.41) is 17.5. The van der Waals surface area contributed by atoms with E-state index in [0.29, 0.717) is 18.2 Å². The second-order valence-corrected chi connectivity index (χ2v) is 5.30. The average Bonchev–Trinajstić information content (AvgIpc) is 3.09. The number of benzene rings is 1. The van der Waals surface area contributed by atoms with Crippen LogP contribution in [0.2, 0.25) is 0 Å². The molecule has 0 radical (unpaired) electrons. The molecule has 7 heteroatoms. The monoisotopic (exact) mass is 306 g/mol. The third kappa shape index (κ3) is 4.03. The summed E-state index contributed by atoms with van der Waals surface area (Å²) in [6.07, 6.45) is 0.813. The van der Waals surface area contributed by atoms with Gasteiger partial charge in [-0.2, -0.15) is 0 Å². The molecule has 118 valence electrons. The van der Waals surface area contributed by atoms with Crippen LogP contribution in [0.25, 0.3) is 11.5 Å². The van der Waals surface area contributed by atoms with Gasteiger partial charge in [0.25, 0.3) is 0 Å². The highest BCUT2D eigenvalue weighted by molar-refractivity contribution is 5.53. The maximum atomic E-state index is 10.0. The Morgan fingerprint density at radius 2 is 2.00 bits per heavy atom. The molecule has 22 heavy (non-hydrogen) atoms. The normalized spacial score (nSPS) is 17.3. The molecule has 0 bridgehead atoms. The summed E-state index contributed by atoms with van der Waals surface area (Å²) in [7, 11) is 0. The summed E-state index contributed by atoms with van der Waals surface area (Å²) in [6.45, 7) is 4.37. The predicted octanol–water partition coefficient (Wildman–Crippen LogP) is -0.609. The molecule has 0 spiro atoms. The van der Waals surface area contributed by atoms with Gasteiger partial charge in [-0.15, -0.1) is 10.2 Å². The molecule has 2 heterocycles. The van der Waals surface area contributed by atoms with E-state index >= 15 is 0 Å². The first kappa shape index (κ1) is 15.0. The van der Waals surface area contributed by atoms with Crippen molar-refractivity contribution < 1.29 is 23.9 Å². The van der Waals surface area contributed by atoms with E-state index in [1.807, 2.05) is 24.3 Å². The summed E-state index contributed by atoms with van der Waals surface area (Å²) in [6, 6.07) is 7.35. The molecule has 1 aromatic heterocycles. The number of hydrogen-bond donors (Lipinski definition) is 2. The van der Waals surface area contributed by atoms with Crippen molar-refractivity contribution in [2.24, 2.45) is 0 Å². The standard InChI is InChI=1S/C15H19N3O4/c19-13(9-18-5-7-20-8-6-18)10-21-14-3-1-12(2-4-14)15-17-16-11-22-15/h1-4,11,13,19H,5-10H2/p+1/t13-/m1/s1. The molecule has 3 rings (SSSR count).